The van der Waals surface area contributed by atoms with Crippen molar-refractivity contribution in [3.63, 3.8) is 0 Å². The first-order valence-electron chi connectivity index (χ1n) is 7.31. The molecule has 0 bridgehead atoms. The number of hydrogen-bond acceptors (Lipinski definition) is 3. The molecule has 1 heterocycles. The Labute approximate surface area is 114 Å². The molecule has 0 aromatic carbocycles. The van der Waals surface area contributed by atoms with E-state index in [1.807, 2.05) is 0 Å². The molecule has 5 heteroatoms. The molecule has 1 unspecified atom stereocenters. The zero-order valence-electron chi connectivity index (χ0n) is 11.4. The van der Waals surface area contributed by atoms with Crippen molar-refractivity contribution in [2.75, 3.05) is 13.1 Å². The monoisotopic (exact) mass is 268 g/mol. The van der Waals surface area contributed by atoms with E-state index in [-0.39, 0.29) is 12.5 Å². The number of aliphatic carboxylic acids is 1. The second-order valence-corrected chi connectivity index (χ2v) is 6.09. The first-order valence-corrected chi connectivity index (χ1v) is 7.31. The van der Waals surface area contributed by atoms with Crippen LogP contribution in [0.3, 0.4) is 0 Å². The van der Waals surface area contributed by atoms with Gasteiger partial charge in [0.25, 0.3) is 0 Å². The van der Waals surface area contributed by atoms with Crippen molar-refractivity contribution >= 4 is 11.9 Å². The zero-order valence-corrected chi connectivity index (χ0v) is 11.4. The molecular formula is C14H24N2O3. The number of nitrogens with two attached hydrogens (primary N) is 1. The van der Waals surface area contributed by atoms with Crippen molar-refractivity contribution in [3.05, 3.63) is 0 Å². The lowest BCUT2D eigenvalue weighted by molar-refractivity contribution is -0.143. The molecule has 0 aromatic rings. The number of carboxylic acids is 1. The van der Waals surface area contributed by atoms with Gasteiger partial charge in [-0.2, -0.15) is 0 Å². The Morgan fingerprint density at radius 1 is 1.21 bits per heavy atom. The Bertz CT molecular complexity index is 351. The molecular weight excluding hydrogens is 244 g/mol. The van der Waals surface area contributed by atoms with Gasteiger partial charge in [-0.15, -0.1) is 0 Å². The summed E-state index contributed by atoms with van der Waals surface area (Å²) < 4.78 is 0. The minimum absolute atomic E-state index is 0.0838. The number of rotatable bonds is 3. The highest BCUT2D eigenvalue weighted by molar-refractivity contribution is 5.83. The standard InChI is InChI=1S/C14H24N2O3/c15-14(13(18)19)7-8-16(10-14)12(17)9-11-5-3-1-2-4-6-11/h11H,1-10,15H2,(H,18,19). The molecule has 0 aromatic heterocycles. The highest BCUT2D eigenvalue weighted by atomic mass is 16.4. The fraction of sp³-hybridized carbons (Fsp3) is 0.857. The fourth-order valence-corrected chi connectivity index (χ4v) is 3.16. The Morgan fingerprint density at radius 3 is 2.37 bits per heavy atom. The molecule has 2 rings (SSSR count). The molecule has 5 nitrogen and oxygen atoms in total. The van der Waals surface area contributed by atoms with E-state index in [0.29, 0.717) is 25.3 Å². The summed E-state index contributed by atoms with van der Waals surface area (Å²) in [4.78, 5) is 24.9. The number of amides is 1. The van der Waals surface area contributed by atoms with Gasteiger partial charge in [-0.05, 0) is 25.2 Å². The number of carbonyl (C=O) groups excluding carboxylic acids is 1. The van der Waals surface area contributed by atoms with Gasteiger partial charge in [0.05, 0.1) is 0 Å². The van der Waals surface area contributed by atoms with Gasteiger partial charge in [-0.1, -0.05) is 25.7 Å². The van der Waals surface area contributed by atoms with Crippen LogP contribution in [0.5, 0.6) is 0 Å². The van der Waals surface area contributed by atoms with Gasteiger partial charge in [-0.3, -0.25) is 9.59 Å². The van der Waals surface area contributed by atoms with Gasteiger partial charge >= 0.3 is 5.97 Å². The normalized spacial score (nSPS) is 29.2. The topological polar surface area (TPSA) is 83.6 Å². The van der Waals surface area contributed by atoms with Gasteiger partial charge < -0.3 is 15.7 Å². The van der Waals surface area contributed by atoms with Crippen molar-refractivity contribution in [2.24, 2.45) is 11.7 Å². The largest absolute Gasteiger partial charge is 0.480 e. The predicted octanol–water partition coefficient (Wildman–Crippen LogP) is 1.36. The summed E-state index contributed by atoms with van der Waals surface area (Å²) in [6, 6.07) is 0. The van der Waals surface area contributed by atoms with E-state index in [0.717, 1.165) is 12.8 Å². The molecule has 1 atom stereocenters. The molecule has 0 radical (unpaired) electrons. The van der Waals surface area contributed by atoms with Crippen molar-refractivity contribution in [1.29, 1.82) is 0 Å². The fourth-order valence-electron chi connectivity index (χ4n) is 3.16. The Kier molecular flexibility index (Phi) is 4.45. The lowest BCUT2D eigenvalue weighted by Crippen LogP contribution is -2.50. The van der Waals surface area contributed by atoms with E-state index in [1.165, 1.54) is 25.7 Å². The van der Waals surface area contributed by atoms with Crippen molar-refractivity contribution in [2.45, 2.75) is 56.9 Å². The summed E-state index contributed by atoms with van der Waals surface area (Å²) in [7, 11) is 0. The van der Waals surface area contributed by atoms with Crippen LogP contribution in [-0.2, 0) is 9.59 Å². The molecule has 19 heavy (non-hydrogen) atoms. The third-order valence-electron chi connectivity index (χ3n) is 4.52. The second-order valence-electron chi connectivity index (χ2n) is 6.09. The maximum atomic E-state index is 12.2. The lowest BCUT2D eigenvalue weighted by Gasteiger charge is -2.22. The highest BCUT2D eigenvalue weighted by Crippen LogP contribution is 2.27. The van der Waals surface area contributed by atoms with Crippen molar-refractivity contribution < 1.29 is 14.7 Å². The molecule has 1 aliphatic heterocycles. The summed E-state index contributed by atoms with van der Waals surface area (Å²) in [5.74, 6) is -0.439. The molecule has 1 saturated heterocycles. The van der Waals surface area contributed by atoms with E-state index in [9.17, 15) is 9.59 Å². The number of nitrogens with zero attached hydrogens (tertiary/aromatic N) is 1. The number of carbonyl (C=O) groups is 2. The van der Waals surface area contributed by atoms with Crippen LogP contribution in [0.15, 0.2) is 0 Å². The third kappa shape index (κ3) is 3.47. The van der Waals surface area contributed by atoms with Crippen molar-refractivity contribution in [3.8, 4) is 0 Å². The van der Waals surface area contributed by atoms with Gasteiger partial charge in [0, 0.05) is 19.5 Å². The van der Waals surface area contributed by atoms with Gasteiger partial charge in [0.2, 0.25) is 5.91 Å². The third-order valence-corrected chi connectivity index (χ3v) is 4.52. The van der Waals surface area contributed by atoms with E-state index in [4.69, 9.17) is 10.8 Å². The van der Waals surface area contributed by atoms with Crippen LogP contribution in [0.4, 0.5) is 0 Å². The zero-order chi connectivity index (χ0) is 13.9. The van der Waals surface area contributed by atoms with Gasteiger partial charge in [0.15, 0.2) is 0 Å². The minimum Gasteiger partial charge on any atom is -0.480 e. The van der Waals surface area contributed by atoms with Crippen LogP contribution in [0.2, 0.25) is 0 Å². The van der Waals surface area contributed by atoms with E-state index >= 15 is 0 Å². The quantitative estimate of drug-likeness (QED) is 0.757. The second kappa shape index (κ2) is 5.90. The van der Waals surface area contributed by atoms with E-state index in [2.05, 4.69) is 0 Å². The van der Waals surface area contributed by atoms with Crippen LogP contribution in [0, 0.1) is 5.92 Å². The van der Waals surface area contributed by atoms with Crippen LogP contribution >= 0.6 is 0 Å². The Balaban J connectivity index is 1.85. The number of hydrogen-bond donors (Lipinski definition) is 2. The summed E-state index contributed by atoms with van der Waals surface area (Å²) in [6.07, 6.45) is 8.17. The van der Waals surface area contributed by atoms with E-state index < -0.39 is 11.5 Å². The minimum atomic E-state index is -1.24. The lowest BCUT2D eigenvalue weighted by atomic mass is 9.96. The first kappa shape index (κ1) is 14.3. The number of likely N-dealkylation sites (tertiary alicyclic amines) is 1. The van der Waals surface area contributed by atoms with E-state index in [1.54, 1.807) is 4.90 Å². The molecule has 1 saturated carbocycles. The molecule has 2 aliphatic rings. The van der Waals surface area contributed by atoms with Crippen LogP contribution in [-0.4, -0.2) is 40.5 Å². The molecule has 3 N–H and O–H groups in total. The molecule has 2 fully saturated rings. The Morgan fingerprint density at radius 2 is 1.84 bits per heavy atom. The van der Waals surface area contributed by atoms with Crippen molar-refractivity contribution in [1.82, 2.24) is 4.90 Å². The smallest absolute Gasteiger partial charge is 0.325 e. The molecule has 1 aliphatic carbocycles. The van der Waals surface area contributed by atoms with Gasteiger partial charge in [0.1, 0.15) is 5.54 Å². The number of carboxylic acid groups (broad SMARTS) is 1. The maximum Gasteiger partial charge on any atom is 0.325 e. The highest BCUT2D eigenvalue weighted by Gasteiger charge is 2.42. The van der Waals surface area contributed by atoms with Crippen LogP contribution in [0.25, 0.3) is 0 Å². The molecule has 108 valence electrons. The van der Waals surface area contributed by atoms with Gasteiger partial charge in [-0.25, -0.2) is 0 Å². The average Bonchev–Trinajstić information content (AvgIpc) is 2.60. The Hall–Kier alpha value is -1.10. The van der Waals surface area contributed by atoms with Crippen LogP contribution < -0.4 is 5.73 Å². The SMILES string of the molecule is NC1(C(=O)O)CCN(C(=O)CC2CCCCCC2)C1. The summed E-state index contributed by atoms with van der Waals surface area (Å²) in [5, 5.41) is 9.07. The summed E-state index contributed by atoms with van der Waals surface area (Å²) in [6.45, 7) is 0.641. The molecule has 1 amide bonds. The molecule has 0 spiro atoms. The summed E-state index contributed by atoms with van der Waals surface area (Å²) in [5.41, 5.74) is 4.56. The average molecular weight is 268 g/mol. The predicted molar refractivity (Wildman–Crippen MR) is 71.6 cm³/mol. The first-order chi connectivity index (χ1) is 9.01. The summed E-state index contributed by atoms with van der Waals surface area (Å²) >= 11 is 0. The van der Waals surface area contributed by atoms with Crippen LogP contribution in [0.1, 0.15) is 51.4 Å². The maximum absolute atomic E-state index is 12.2.